The molecule has 0 aliphatic carbocycles. The molecule has 0 radical (unpaired) electrons. The molecule has 60 heavy (non-hydrogen) atoms. The molecular formula is C42H60ClN10O7+. The number of quaternary nitrogens is 1. The van der Waals surface area contributed by atoms with Crippen LogP contribution in [0.15, 0.2) is 48.5 Å². The standard InChI is InChI=1S/C42H59ClN10O7/c1-49(2)34(54)24-51(5)36(56)27-59-32-17-13-29(14-18-32)10-7-21-53(23-9-12-31(26-53)46-42(58)38-40(44)48-41(45)39(43)47-38)22-8-11-30-15-19-33(20-16-30)60-28-37(57)52(6)25-35(55)50(3)4/h13-20,31H,7-12,21-28H2,1-6H3,(H4-,44,45,46,48,58)/p+1. The maximum atomic E-state index is 13.3. The van der Waals surface area contributed by atoms with Crippen LogP contribution in [0, 0.1) is 0 Å². The molecule has 0 saturated carbocycles. The zero-order chi connectivity index (χ0) is 44.0. The monoisotopic (exact) mass is 851 g/mol. The number of carbonyl (C=O) groups is 5. The Kier molecular flexibility index (Phi) is 17.3. The van der Waals surface area contributed by atoms with Crippen molar-refractivity contribution in [2.75, 3.05) is 106 Å². The number of aromatic nitrogens is 2. The van der Waals surface area contributed by atoms with Crippen molar-refractivity contribution in [3.05, 3.63) is 70.5 Å². The molecule has 3 aromatic rings. The number of nitrogen functional groups attached to an aromatic ring is 2. The number of likely N-dealkylation sites (N-methyl/N-ethyl adjacent to an activating group) is 4. The minimum Gasteiger partial charge on any atom is -0.484 e. The van der Waals surface area contributed by atoms with Crippen LogP contribution in [0.5, 0.6) is 11.5 Å². The third-order valence-electron chi connectivity index (χ3n) is 10.6. The topological polar surface area (TPSA) is 207 Å². The minimum absolute atomic E-state index is 0.0168. The van der Waals surface area contributed by atoms with Crippen molar-refractivity contribution in [1.29, 1.82) is 0 Å². The Labute approximate surface area is 357 Å². The summed E-state index contributed by atoms with van der Waals surface area (Å²) in [4.78, 5) is 75.9. The van der Waals surface area contributed by atoms with Crippen LogP contribution in [0.4, 0.5) is 11.6 Å². The second kappa shape index (κ2) is 22.1. The van der Waals surface area contributed by atoms with Gasteiger partial charge in [-0.3, -0.25) is 24.0 Å². The van der Waals surface area contributed by atoms with Crippen LogP contribution in [0.25, 0.3) is 0 Å². The van der Waals surface area contributed by atoms with Crippen LogP contribution in [0.2, 0.25) is 5.15 Å². The van der Waals surface area contributed by atoms with Crippen LogP contribution in [-0.2, 0) is 32.0 Å². The molecule has 2 aromatic carbocycles. The number of nitrogens with one attached hydrogen (secondary N) is 1. The number of hydrogen-bond donors (Lipinski definition) is 3. The number of benzene rings is 2. The predicted molar refractivity (Wildman–Crippen MR) is 229 cm³/mol. The van der Waals surface area contributed by atoms with Gasteiger partial charge in [0, 0.05) is 55.1 Å². The van der Waals surface area contributed by atoms with E-state index in [1.807, 2.05) is 48.5 Å². The molecular weight excluding hydrogens is 792 g/mol. The fourth-order valence-corrected chi connectivity index (χ4v) is 7.07. The lowest BCUT2D eigenvalue weighted by molar-refractivity contribution is -0.933. The van der Waals surface area contributed by atoms with Gasteiger partial charge < -0.3 is 50.3 Å². The van der Waals surface area contributed by atoms with E-state index in [1.54, 1.807) is 42.3 Å². The summed E-state index contributed by atoms with van der Waals surface area (Å²) in [6.07, 6.45) is 5.18. The molecule has 5 N–H and O–H groups in total. The van der Waals surface area contributed by atoms with Gasteiger partial charge in [0.25, 0.3) is 17.7 Å². The maximum Gasteiger partial charge on any atom is 0.274 e. The first-order chi connectivity index (χ1) is 28.4. The third kappa shape index (κ3) is 14.3. The molecule has 326 valence electrons. The van der Waals surface area contributed by atoms with E-state index in [9.17, 15) is 24.0 Å². The Morgan fingerprint density at radius 2 is 1.18 bits per heavy atom. The number of carbonyl (C=O) groups excluding carboxylic acids is 5. The smallest absolute Gasteiger partial charge is 0.274 e. The summed E-state index contributed by atoms with van der Waals surface area (Å²) in [7, 11) is 9.72. The first-order valence-corrected chi connectivity index (χ1v) is 20.4. The SMILES string of the molecule is CN(C)C(=O)CN(C)C(=O)COc1ccc(CCC[N+]2(CCCc3ccc(OCC(=O)N(C)CC(=O)N(C)C)cc3)CCCC(NC(=O)c3nc(Cl)c(N)nc3N)C2)cc1. The Balaban J connectivity index is 1.36. The second-order valence-corrected chi connectivity index (χ2v) is 16.1. The molecule has 2 heterocycles. The highest BCUT2D eigenvalue weighted by Gasteiger charge is 2.36. The highest BCUT2D eigenvalue weighted by atomic mass is 35.5. The Morgan fingerprint density at radius 1 is 0.717 bits per heavy atom. The van der Waals surface area contributed by atoms with Gasteiger partial charge in [0.15, 0.2) is 35.7 Å². The predicted octanol–water partition coefficient (Wildman–Crippen LogP) is 2.12. The summed E-state index contributed by atoms with van der Waals surface area (Å²) in [5.74, 6) is -0.339. The van der Waals surface area contributed by atoms with Crippen LogP contribution in [-0.4, -0.2) is 164 Å². The van der Waals surface area contributed by atoms with E-state index in [1.165, 1.54) is 19.6 Å². The van der Waals surface area contributed by atoms with Gasteiger partial charge in [-0.2, -0.15) is 0 Å². The van der Waals surface area contributed by atoms with E-state index in [0.717, 1.165) is 80.3 Å². The van der Waals surface area contributed by atoms with Crippen LogP contribution < -0.4 is 26.3 Å². The van der Waals surface area contributed by atoms with Crippen molar-refractivity contribution < 1.29 is 37.9 Å². The molecule has 5 amide bonds. The normalized spacial score (nSPS) is 14.4. The van der Waals surface area contributed by atoms with Gasteiger partial charge in [0.05, 0.1) is 45.3 Å². The van der Waals surface area contributed by atoms with E-state index in [2.05, 4.69) is 15.3 Å². The Morgan fingerprint density at radius 3 is 1.63 bits per heavy atom. The number of nitrogens with zero attached hydrogens (tertiary/aromatic N) is 7. The summed E-state index contributed by atoms with van der Waals surface area (Å²) < 4.78 is 12.2. The Bertz CT molecular complexity index is 1850. The molecule has 1 saturated heterocycles. The van der Waals surface area contributed by atoms with E-state index in [-0.39, 0.29) is 78.5 Å². The molecule has 1 fully saturated rings. The van der Waals surface area contributed by atoms with Gasteiger partial charge >= 0.3 is 0 Å². The van der Waals surface area contributed by atoms with Gasteiger partial charge in [-0.15, -0.1) is 0 Å². The fraction of sp³-hybridized carbons (Fsp3) is 0.500. The van der Waals surface area contributed by atoms with Gasteiger partial charge in [-0.05, 0) is 61.1 Å². The van der Waals surface area contributed by atoms with Crippen LogP contribution >= 0.6 is 11.6 Å². The molecule has 0 bridgehead atoms. The van der Waals surface area contributed by atoms with E-state index in [0.29, 0.717) is 11.5 Å². The van der Waals surface area contributed by atoms with E-state index < -0.39 is 5.91 Å². The van der Waals surface area contributed by atoms with Gasteiger partial charge in [-0.1, -0.05) is 35.9 Å². The lowest BCUT2D eigenvalue weighted by atomic mass is 9.99. The average molecular weight is 852 g/mol. The number of anilines is 2. The number of halogens is 1. The van der Waals surface area contributed by atoms with E-state index >= 15 is 0 Å². The molecule has 1 aliphatic rings. The zero-order valence-corrected chi connectivity index (χ0v) is 36.4. The molecule has 18 heteroatoms. The summed E-state index contributed by atoms with van der Waals surface area (Å²) >= 11 is 6.07. The summed E-state index contributed by atoms with van der Waals surface area (Å²) in [6.45, 7) is 3.10. The number of piperidine rings is 1. The van der Waals surface area contributed by atoms with Crippen molar-refractivity contribution in [3.8, 4) is 11.5 Å². The largest absolute Gasteiger partial charge is 0.484 e. The number of rotatable bonds is 20. The first kappa shape index (κ1) is 47.0. The second-order valence-electron chi connectivity index (χ2n) is 15.8. The molecule has 1 aliphatic heterocycles. The van der Waals surface area contributed by atoms with Crippen LogP contribution in [0.3, 0.4) is 0 Å². The van der Waals surface area contributed by atoms with Crippen molar-refractivity contribution in [2.24, 2.45) is 0 Å². The number of likely N-dealkylation sites (tertiary alicyclic amines) is 1. The van der Waals surface area contributed by atoms with Gasteiger partial charge in [-0.25, -0.2) is 9.97 Å². The van der Waals surface area contributed by atoms with Crippen molar-refractivity contribution >= 4 is 52.8 Å². The summed E-state index contributed by atoms with van der Waals surface area (Å²) in [6, 6.07) is 15.3. The molecule has 1 unspecified atom stereocenters. The molecule has 1 atom stereocenters. The van der Waals surface area contributed by atoms with Crippen LogP contribution in [0.1, 0.15) is 47.3 Å². The third-order valence-corrected chi connectivity index (χ3v) is 10.9. The number of amides is 5. The molecule has 1 aromatic heterocycles. The number of hydrogen-bond acceptors (Lipinski definition) is 11. The fourth-order valence-electron chi connectivity index (χ4n) is 6.94. The summed E-state index contributed by atoms with van der Waals surface area (Å²) in [5, 5.41) is 3.05. The highest BCUT2D eigenvalue weighted by molar-refractivity contribution is 6.31. The highest BCUT2D eigenvalue weighted by Crippen LogP contribution is 2.25. The molecule has 0 spiro atoms. The lowest BCUT2D eigenvalue weighted by Crippen LogP contribution is -2.60. The van der Waals surface area contributed by atoms with E-state index in [4.69, 9.17) is 32.5 Å². The van der Waals surface area contributed by atoms with Gasteiger partial charge in [0.1, 0.15) is 11.5 Å². The zero-order valence-electron chi connectivity index (χ0n) is 35.6. The van der Waals surface area contributed by atoms with Crippen molar-refractivity contribution in [1.82, 2.24) is 34.9 Å². The van der Waals surface area contributed by atoms with Gasteiger partial charge in [0.2, 0.25) is 11.8 Å². The number of ether oxygens (including phenoxy) is 2. The number of nitrogens with two attached hydrogens (primary N) is 2. The van der Waals surface area contributed by atoms with Crippen molar-refractivity contribution in [3.63, 3.8) is 0 Å². The maximum absolute atomic E-state index is 13.3. The average Bonchev–Trinajstić information content (AvgIpc) is 3.21. The molecule has 4 rings (SSSR count). The minimum atomic E-state index is -0.442. The lowest BCUT2D eigenvalue weighted by Gasteiger charge is -2.45. The first-order valence-electron chi connectivity index (χ1n) is 20.0. The van der Waals surface area contributed by atoms with Crippen molar-refractivity contribution in [2.45, 2.75) is 44.6 Å². The Hall–Kier alpha value is -5.68. The molecule has 17 nitrogen and oxygen atoms in total. The quantitative estimate of drug-likeness (QED) is 0.140. The number of aryl methyl sites for hydroxylation is 2. The summed E-state index contributed by atoms with van der Waals surface area (Å²) in [5.41, 5.74) is 13.9.